The number of aromatic nitrogens is 1. The summed E-state index contributed by atoms with van der Waals surface area (Å²) in [6.07, 6.45) is 4.77. The zero-order valence-electron chi connectivity index (χ0n) is 23.4. The van der Waals surface area contributed by atoms with Gasteiger partial charge in [0.05, 0.1) is 17.4 Å². The van der Waals surface area contributed by atoms with Gasteiger partial charge in [-0.2, -0.15) is 18.1 Å². The van der Waals surface area contributed by atoms with Crippen LogP contribution in [0.3, 0.4) is 0 Å². The molecule has 1 aromatic heterocycles. The van der Waals surface area contributed by atoms with E-state index in [4.69, 9.17) is 9.65 Å². The van der Waals surface area contributed by atoms with Crippen molar-refractivity contribution in [1.82, 2.24) is 0 Å². The third-order valence-electron chi connectivity index (χ3n) is 6.68. The molecule has 0 saturated heterocycles. The van der Waals surface area contributed by atoms with Crippen LogP contribution in [0.2, 0.25) is 0 Å². The fraction of sp³-hybridized carbons (Fsp3) is 0.258. The van der Waals surface area contributed by atoms with Gasteiger partial charge in [-0.1, -0.05) is 36.4 Å². The van der Waals surface area contributed by atoms with Crippen molar-refractivity contribution in [3.8, 4) is 0 Å². The molecule has 4 aromatic rings. The third-order valence-corrected chi connectivity index (χ3v) is 7.48. The average molecular weight is 559 g/mol. The van der Waals surface area contributed by atoms with E-state index in [2.05, 4.69) is 68.0 Å². The third kappa shape index (κ3) is 7.52. The number of aryl methyl sites for hydroxylation is 1. The highest BCUT2D eigenvalue weighted by Gasteiger charge is 2.13. The van der Waals surface area contributed by atoms with Gasteiger partial charge < -0.3 is 9.80 Å². The Morgan fingerprint density at radius 2 is 1.40 bits per heavy atom. The molecular formula is C31H36N5O3S+. The summed E-state index contributed by atoms with van der Waals surface area (Å²) < 4.78 is 33.1. The first-order valence-corrected chi connectivity index (χ1v) is 14.8. The molecule has 40 heavy (non-hydrogen) atoms. The Morgan fingerprint density at radius 3 is 1.95 bits per heavy atom. The molecule has 0 unspecified atom stereocenters. The molecule has 0 aliphatic rings. The van der Waals surface area contributed by atoms with Gasteiger partial charge in [-0.05, 0) is 36.8 Å². The lowest BCUT2D eigenvalue weighted by Crippen LogP contribution is -2.34. The number of rotatable bonds is 11. The van der Waals surface area contributed by atoms with Gasteiger partial charge in [-0.15, -0.1) is 5.10 Å². The van der Waals surface area contributed by atoms with Crippen LogP contribution in [-0.2, 0) is 16.7 Å². The topological polar surface area (TPSA) is 89.4 Å². The van der Waals surface area contributed by atoms with Crippen LogP contribution >= 0.6 is 0 Å². The molecule has 0 amide bonds. The second-order valence-electron chi connectivity index (χ2n) is 10.1. The fourth-order valence-corrected chi connectivity index (χ4v) is 5.02. The van der Waals surface area contributed by atoms with E-state index < -0.39 is 10.1 Å². The van der Waals surface area contributed by atoms with Gasteiger partial charge in [-0.25, -0.2) is 0 Å². The lowest BCUT2D eigenvalue weighted by molar-refractivity contribution is -0.671. The smallest absolute Gasteiger partial charge is 0.264 e. The number of benzene rings is 3. The van der Waals surface area contributed by atoms with Gasteiger partial charge in [-0.3, -0.25) is 4.55 Å². The normalized spacial score (nSPS) is 11.6. The minimum absolute atomic E-state index is 0.230. The summed E-state index contributed by atoms with van der Waals surface area (Å²) in [5.41, 5.74) is 6.89. The molecule has 0 aliphatic heterocycles. The number of pyridine rings is 1. The van der Waals surface area contributed by atoms with E-state index in [0.29, 0.717) is 19.4 Å². The molecule has 0 radical (unpaired) electrons. The predicted octanol–water partition coefficient (Wildman–Crippen LogP) is 4.80. The van der Waals surface area contributed by atoms with Gasteiger partial charge in [0.25, 0.3) is 10.1 Å². The van der Waals surface area contributed by atoms with E-state index in [9.17, 15) is 8.42 Å². The van der Waals surface area contributed by atoms with Crippen LogP contribution in [0.5, 0.6) is 0 Å². The summed E-state index contributed by atoms with van der Waals surface area (Å²) >= 11 is 0. The second kappa shape index (κ2) is 12.8. The van der Waals surface area contributed by atoms with Crippen molar-refractivity contribution in [1.29, 1.82) is 0 Å². The van der Waals surface area contributed by atoms with Crippen molar-refractivity contribution < 1.29 is 17.5 Å². The van der Waals surface area contributed by atoms with Crippen LogP contribution in [-0.4, -0.2) is 58.8 Å². The molecule has 3 aromatic carbocycles. The number of fused-ring (bicyclic) bond motifs is 1. The van der Waals surface area contributed by atoms with Gasteiger partial charge in [0.1, 0.15) is 12.3 Å². The van der Waals surface area contributed by atoms with Crippen molar-refractivity contribution >= 4 is 44.3 Å². The maximum atomic E-state index is 11.0. The molecule has 0 aliphatic carbocycles. The molecule has 0 spiro atoms. The van der Waals surface area contributed by atoms with Gasteiger partial charge in [0.15, 0.2) is 6.20 Å². The van der Waals surface area contributed by atoms with Crippen molar-refractivity contribution in [2.45, 2.75) is 19.4 Å². The summed E-state index contributed by atoms with van der Waals surface area (Å²) in [6.45, 7) is 0.641. The number of hydrogen-bond donors (Lipinski definition) is 1. The number of anilines is 2. The van der Waals surface area contributed by atoms with E-state index in [0.717, 1.165) is 44.7 Å². The van der Waals surface area contributed by atoms with E-state index in [1.54, 1.807) is 6.21 Å². The highest BCUT2D eigenvalue weighted by Crippen LogP contribution is 2.20. The Hall–Kier alpha value is -4.08. The van der Waals surface area contributed by atoms with E-state index >= 15 is 0 Å². The molecule has 0 fully saturated rings. The fourth-order valence-electron chi connectivity index (χ4n) is 4.45. The van der Waals surface area contributed by atoms with Crippen LogP contribution in [0.4, 0.5) is 11.4 Å². The van der Waals surface area contributed by atoms with E-state index in [-0.39, 0.29) is 5.75 Å². The first kappa shape index (κ1) is 28.9. The molecule has 1 N–H and O–H groups in total. The summed E-state index contributed by atoms with van der Waals surface area (Å²) in [5.74, 6) is -0.230. The van der Waals surface area contributed by atoms with Gasteiger partial charge >= 0.3 is 0 Å². The molecule has 1 heterocycles. The molecule has 4 rings (SSSR count). The first-order chi connectivity index (χ1) is 19.1. The quantitative estimate of drug-likeness (QED) is 0.0939. The molecule has 208 valence electrons. The summed E-state index contributed by atoms with van der Waals surface area (Å²) in [6, 6.07) is 26.5. The molecule has 0 bridgehead atoms. The maximum Gasteiger partial charge on any atom is 0.264 e. The van der Waals surface area contributed by atoms with E-state index in [1.807, 2.05) is 64.7 Å². The number of unbranched alkanes of at least 4 members (excludes halogenated alkanes) is 1. The SMILES string of the molecule is CN(C)c1ccc(C(=NN=Cc2cc[n+](CCCCS(=O)(=O)O)c3ccccc23)c2ccc(N(C)C)cc2)cc1. The van der Waals surface area contributed by atoms with Crippen LogP contribution < -0.4 is 14.4 Å². The zero-order valence-corrected chi connectivity index (χ0v) is 24.2. The Morgan fingerprint density at radius 1 is 0.825 bits per heavy atom. The number of nitrogens with zero attached hydrogens (tertiary/aromatic N) is 5. The molecule has 0 atom stereocenters. The Labute approximate surface area is 236 Å². The molecular weight excluding hydrogens is 522 g/mol. The second-order valence-corrected chi connectivity index (χ2v) is 11.6. The lowest BCUT2D eigenvalue weighted by atomic mass is 10.0. The van der Waals surface area contributed by atoms with Crippen molar-refractivity contribution in [3.63, 3.8) is 0 Å². The maximum absolute atomic E-state index is 11.0. The minimum Gasteiger partial charge on any atom is -0.378 e. The minimum atomic E-state index is -3.94. The molecule has 8 nitrogen and oxygen atoms in total. The first-order valence-electron chi connectivity index (χ1n) is 13.2. The number of para-hydroxylation sites is 1. The highest BCUT2D eigenvalue weighted by atomic mass is 32.2. The Balaban J connectivity index is 1.65. The van der Waals surface area contributed by atoms with Gasteiger partial charge in [0.2, 0.25) is 5.52 Å². The molecule has 9 heteroatoms. The predicted molar refractivity (Wildman–Crippen MR) is 165 cm³/mol. The van der Waals surface area contributed by atoms with Crippen LogP contribution in [0.1, 0.15) is 29.5 Å². The van der Waals surface area contributed by atoms with Crippen LogP contribution in [0.25, 0.3) is 10.9 Å². The lowest BCUT2D eigenvalue weighted by Gasteiger charge is -2.15. The highest BCUT2D eigenvalue weighted by molar-refractivity contribution is 7.85. The van der Waals surface area contributed by atoms with E-state index in [1.165, 1.54) is 0 Å². The monoisotopic (exact) mass is 558 g/mol. The van der Waals surface area contributed by atoms with Crippen molar-refractivity contribution in [2.24, 2.45) is 10.2 Å². The van der Waals surface area contributed by atoms with Crippen LogP contribution in [0.15, 0.2) is 95.3 Å². The van der Waals surface area contributed by atoms with Crippen molar-refractivity contribution in [2.75, 3.05) is 43.7 Å². The standard InChI is InChI=1S/C31H35N5O3S/c1-34(2)27-15-11-24(12-16-27)31(25-13-17-28(18-14-25)35(3)4)33-32-23-26-19-21-36(20-7-8-22-40(37,38)39)30-10-6-5-9-29(26)30/h5-6,9-19,21,23H,7-8,20,22H2,1-4H3/p+1. The summed E-state index contributed by atoms with van der Waals surface area (Å²) in [5, 5.41) is 10.2. The summed E-state index contributed by atoms with van der Waals surface area (Å²) in [4.78, 5) is 4.12. The van der Waals surface area contributed by atoms with Gasteiger partial charge in [0, 0.05) is 74.8 Å². The molecule has 0 saturated carbocycles. The van der Waals surface area contributed by atoms with Crippen molar-refractivity contribution in [3.05, 3.63) is 102 Å². The average Bonchev–Trinajstić information content (AvgIpc) is 2.93. The summed E-state index contributed by atoms with van der Waals surface area (Å²) in [7, 11) is 4.12. The van der Waals surface area contributed by atoms with Crippen LogP contribution in [0, 0.1) is 0 Å². The zero-order chi connectivity index (χ0) is 28.7. The largest absolute Gasteiger partial charge is 0.378 e. The Kier molecular flexibility index (Phi) is 9.29. The Bertz CT molecular complexity index is 1560. The number of hydrogen-bond acceptors (Lipinski definition) is 6.